The zero-order valence-electron chi connectivity index (χ0n) is 15.1. The van der Waals surface area contributed by atoms with Crippen molar-refractivity contribution >= 4 is 23.2 Å². The molecule has 138 valence electrons. The van der Waals surface area contributed by atoms with Gasteiger partial charge in [0.1, 0.15) is 0 Å². The highest BCUT2D eigenvalue weighted by molar-refractivity contribution is 7.12. The summed E-state index contributed by atoms with van der Waals surface area (Å²) in [5.41, 5.74) is 0. The average Bonchev–Trinajstić information content (AvgIpc) is 3.35. The Morgan fingerprint density at radius 2 is 1.96 bits per heavy atom. The van der Waals surface area contributed by atoms with Crippen molar-refractivity contribution in [2.75, 3.05) is 32.7 Å². The van der Waals surface area contributed by atoms with E-state index in [1.165, 1.54) is 24.2 Å². The minimum Gasteiger partial charge on any atom is -0.354 e. The number of piperidine rings is 1. The van der Waals surface area contributed by atoms with Crippen LogP contribution in [0.5, 0.6) is 0 Å². The Morgan fingerprint density at radius 1 is 1.24 bits per heavy atom. The van der Waals surface area contributed by atoms with Crippen LogP contribution in [0.3, 0.4) is 0 Å². The molecule has 0 bridgehead atoms. The van der Waals surface area contributed by atoms with Crippen LogP contribution in [0.4, 0.5) is 0 Å². The van der Waals surface area contributed by atoms with Crippen LogP contribution in [-0.2, 0) is 4.79 Å². The number of nitrogens with one attached hydrogen (secondary N) is 1. The van der Waals surface area contributed by atoms with Crippen molar-refractivity contribution in [3.63, 3.8) is 0 Å². The molecule has 0 saturated carbocycles. The fourth-order valence-electron chi connectivity index (χ4n) is 3.90. The Hall–Kier alpha value is -1.40. The van der Waals surface area contributed by atoms with E-state index in [1.807, 2.05) is 22.4 Å². The molecule has 0 aromatic carbocycles. The second kappa shape index (κ2) is 8.81. The highest BCUT2D eigenvalue weighted by Crippen LogP contribution is 2.21. The lowest BCUT2D eigenvalue weighted by atomic mass is 9.95. The maximum atomic E-state index is 12.5. The summed E-state index contributed by atoms with van der Waals surface area (Å²) in [5.74, 6) is 0.318. The van der Waals surface area contributed by atoms with E-state index in [4.69, 9.17) is 0 Å². The Morgan fingerprint density at radius 3 is 2.56 bits per heavy atom. The summed E-state index contributed by atoms with van der Waals surface area (Å²) in [6.45, 7) is 6.64. The fraction of sp³-hybridized carbons (Fsp3) is 0.684. The predicted octanol–water partition coefficient (Wildman–Crippen LogP) is 2.59. The van der Waals surface area contributed by atoms with Crippen LogP contribution in [-0.4, -0.2) is 60.4 Å². The molecule has 3 heterocycles. The second-order valence-electron chi connectivity index (χ2n) is 7.09. The first-order chi connectivity index (χ1) is 12.2. The summed E-state index contributed by atoms with van der Waals surface area (Å²) in [7, 11) is 0. The number of amides is 2. The Labute approximate surface area is 154 Å². The van der Waals surface area contributed by atoms with Gasteiger partial charge in [0.05, 0.1) is 4.88 Å². The van der Waals surface area contributed by atoms with Crippen LogP contribution >= 0.6 is 11.3 Å². The topological polar surface area (TPSA) is 52.7 Å². The van der Waals surface area contributed by atoms with Gasteiger partial charge < -0.3 is 10.2 Å². The summed E-state index contributed by atoms with van der Waals surface area (Å²) in [6.07, 6.45) is 5.17. The lowest BCUT2D eigenvalue weighted by Gasteiger charge is -2.32. The molecule has 1 unspecified atom stereocenters. The first-order valence-corrected chi connectivity index (χ1v) is 10.4. The Bertz CT molecular complexity index is 561. The third kappa shape index (κ3) is 4.61. The van der Waals surface area contributed by atoms with Crippen molar-refractivity contribution < 1.29 is 9.59 Å². The van der Waals surface area contributed by atoms with Gasteiger partial charge >= 0.3 is 0 Å². The van der Waals surface area contributed by atoms with Crippen LogP contribution in [0.2, 0.25) is 0 Å². The number of carbonyl (C=O) groups excluding carboxylic acids is 2. The molecular formula is C19H29N3O2S. The second-order valence-corrected chi connectivity index (χ2v) is 8.04. The molecule has 1 aromatic heterocycles. The van der Waals surface area contributed by atoms with Crippen molar-refractivity contribution in [1.82, 2.24) is 15.1 Å². The molecule has 6 heteroatoms. The van der Waals surface area contributed by atoms with E-state index in [0.29, 0.717) is 19.1 Å². The zero-order chi connectivity index (χ0) is 17.6. The van der Waals surface area contributed by atoms with E-state index in [9.17, 15) is 9.59 Å². The molecule has 5 nitrogen and oxygen atoms in total. The summed E-state index contributed by atoms with van der Waals surface area (Å²) in [6, 6.07) is 4.24. The van der Waals surface area contributed by atoms with Crippen LogP contribution in [0, 0.1) is 5.92 Å². The van der Waals surface area contributed by atoms with Crippen LogP contribution in [0.25, 0.3) is 0 Å². The molecule has 1 N–H and O–H groups in total. The number of carbonyl (C=O) groups is 2. The standard InChI is InChI=1S/C19H29N3O2S/c1-2-16(21-9-3-4-10-21)14-20-18(23)15-7-11-22(12-8-15)19(24)17-6-5-13-25-17/h5-6,13,15-16H,2-4,7-12,14H2,1H3,(H,20,23). The predicted molar refractivity (Wildman–Crippen MR) is 101 cm³/mol. The van der Waals surface area contributed by atoms with Gasteiger partial charge in [-0.05, 0) is 56.6 Å². The molecule has 1 aromatic rings. The van der Waals surface area contributed by atoms with E-state index in [2.05, 4.69) is 17.1 Å². The number of hydrogen-bond acceptors (Lipinski definition) is 4. The summed E-state index contributed by atoms with van der Waals surface area (Å²) in [4.78, 5) is 30.1. The molecule has 1 atom stereocenters. The SMILES string of the molecule is CCC(CNC(=O)C1CCN(C(=O)c2cccs2)CC1)N1CCCC1. The number of nitrogens with zero attached hydrogens (tertiary/aromatic N) is 2. The first-order valence-electron chi connectivity index (χ1n) is 9.53. The quantitative estimate of drug-likeness (QED) is 0.845. The summed E-state index contributed by atoms with van der Waals surface area (Å²) in [5, 5.41) is 5.10. The van der Waals surface area contributed by atoms with Gasteiger partial charge in [-0.25, -0.2) is 0 Å². The highest BCUT2D eigenvalue weighted by atomic mass is 32.1. The molecule has 0 radical (unpaired) electrons. The zero-order valence-corrected chi connectivity index (χ0v) is 15.9. The van der Waals surface area contributed by atoms with E-state index < -0.39 is 0 Å². The molecule has 25 heavy (non-hydrogen) atoms. The molecule has 2 aliphatic heterocycles. The summed E-state index contributed by atoms with van der Waals surface area (Å²) < 4.78 is 0. The van der Waals surface area contributed by atoms with Crippen molar-refractivity contribution in [3.8, 4) is 0 Å². The molecule has 2 aliphatic rings. The molecular weight excluding hydrogens is 334 g/mol. The van der Waals surface area contributed by atoms with Crippen molar-refractivity contribution in [2.45, 2.75) is 45.1 Å². The number of thiophene rings is 1. The third-order valence-electron chi connectivity index (χ3n) is 5.53. The average molecular weight is 364 g/mol. The number of likely N-dealkylation sites (tertiary alicyclic amines) is 2. The van der Waals surface area contributed by atoms with Gasteiger partial charge in [0.25, 0.3) is 5.91 Å². The van der Waals surface area contributed by atoms with Gasteiger partial charge in [-0.1, -0.05) is 13.0 Å². The van der Waals surface area contributed by atoms with Crippen LogP contribution in [0.1, 0.15) is 48.7 Å². The van der Waals surface area contributed by atoms with Gasteiger partial charge in [0, 0.05) is 31.6 Å². The van der Waals surface area contributed by atoms with Gasteiger partial charge in [0.2, 0.25) is 5.91 Å². The smallest absolute Gasteiger partial charge is 0.263 e. The molecule has 2 fully saturated rings. The van der Waals surface area contributed by atoms with Crippen LogP contribution in [0.15, 0.2) is 17.5 Å². The maximum absolute atomic E-state index is 12.5. The third-order valence-corrected chi connectivity index (χ3v) is 6.38. The number of hydrogen-bond donors (Lipinski definition) is 1. The van der Waals surface area contributed by atoms with E-state index in [1.54, 1.807) is 0 Å². The molecule has 2 amide bonds. The Kier molecular flexibility index (Phi) is 6.48. The van der Waals surface area contributed by atoms with E-state index >= 15 is 0 Å². The maximum Gasteiger partial charge on any atom is 0.263 e. The molecule has 0 aliphatic carbocycles. The lowest BCUT2D eigenvalue weighted by molar-refractivity contribution is -0.126. The highest BCUT2D eigenvalue weighted by Gasteiger charge is 2.29. The van der Waals surface area contributed by atoms with E-state index in [-0.39, 0.29) is 17.7 Å². The normalized spacial score (nSPS) is 20.6. The van der Waals surface area contributed by atoms with Crippen molar-refractivity contribution in [3.05, 3.63) is 22.4 Å². The van der Waals surface area contributed by atoms with Gasteiger partial charge in [0.15, 0.2) is 0 Å². The molecule has 3 rings (SSSR count). The van der Waals surface area contributed by atoms with Gasteiger partial charge in [-0.15, -0.1) is 11.3 Å². The largest absolute Gasteiger partial charge is 0.354 e. The van der Waals surface area contributed by atoms with Crippen molar-refractivity contribution in [1.29, 1.82) is 0 Å². The molecule has 2 saturated heterocycles. The van der Waals surface area contributed by atoms with E-state index in [0.717, 1.165) is 43.8 Å². The van der Waals surface area contributed by atoms with Crippen molar-refractivity contribution in [2.24, 2.45) is 5.92 Å². The van der Waals surface area contributed by atoms with Gasteiger partial charge in [-0.3, -0.25) is 14.5 Å². The molecule has 0 spiro atoms. The minimum absolute atomic E-state index is 0.0449. The number of rotatable bonds is 6. The Balaban J connectivity index is 1.42. The fourth-order valence-corrected chi connectivity index (χ4v) is 4.59. The monoisotopic (exact) mass is 363 g/mol. The lowest BCUT2D eigenvalue weighted by Crippen LogP contribution is -2.46. The van der Waals surface area contributed by atoms with Gasteiger partial charge in [-0.2, -0.15) is 0 Å². The minimum atomic E-state index is 0.0449. The summed E-state index contributed by atoms with van der Waals surface area (Å²) >= 11 is 1.48. The first kappa shape index (κ1) is 18.4. The van der Waals surface area contributed by atoms with Crippen LogP contribution < -0.4 is 5.32 Å².